The predicted molar refractivity (Wildman–Crippen MR) is 130 cm³/mol. The largest absolute Gasteiger partial charge is 0.453 e. The van der Waals surface area contributed by atoms with E-state index in [4.69, 9.17) is 15.5 Å². The lowest BCUT2D eigenvalue weighted by Crippen LogP contribution is -2.44. The average molecular weight is 528 g/mol. The first kappa shape index (κ1) is 22.5. The van der Waals surface area contributed by atoms with Gasteiger partial charge in [-0.1, -0.05) is 0 Å². The number of amides is 1. The van der Waals surface area contributed by atoms with Crippen LogP contribution in [0, 0.1) is 5.82 Å². The molecule has 3 N–H and O–H groups in total. The van der Waals surface area contributed by atoms with Crippen LogP contribution < -0.4 is 11.1 Å². The van der Waals surface area contributed by atoms with Gasteiger partial charge in [0.25, 0.3) is 0 Å². The maximum atomic E-state index is 13.7. The fraction of sp³-hybridized carbons (Fsp3) is 0.304. The molecule has 0 atom stereocenters. The van der Waals surface area contributed by atoms with E-state index in [1.165, 1.54) is 19.2 Å². The first-order valence-corrected chi connectivity index (χ1v) is 11.7. The van der Waals surface area contributed by atoms with Crippen LogP contribution in [0.2, 0.25) is 0 Å². The summed E-state index contributed by atoms with van der Waals surface area (Å²) in [4.78, 5) is 22.7. The maximum absolute atomic E-state index is 13.7. The molecular formula is C23H23BrFN7O2. The van der Waals surface area contributed by atoms with E-state index in [1.54, 1.807) is 27.9 Å². The van der Waals surface area contributed by atoms with Crippen molar-refractivity contribution in [3.05, 3.63) is 52.6 Å². The number of anilines is 1. The summed E-state index contributed by atoms with van der Waals surface area (Å²) in [5, 5.41) is 8.62. The summed E-state index contributed by atoms with van der Waals surface area (Å²) < 4.78 is 20.8. The highest BCUT2D eigenvalue weighted by atomic mass is 79.9. The zero-order valence-corrected chi connectivity index (χ0v) is 20.0. The number of nitrogens with one attached hydrogen (secondary N) is 1. The Labute approximate surface area is 203 Å². The van der Waals surface area contributed by atoms with Crippen LogP contribution in [0.5, 0.6) is 0 Å². The van der Waals surface area contributed by atoms with Gasteiger partial charge in [0.1, 0.15) is 11.6 Å². The van der Waals surface area contributed by atoms with Crippen molar-refractivity contribution >= 4 is 44.4 Å². The molecule has 0 bridgehead atoms. The van der Waals surface area contributed by atoms with E-state index in [2.05, 4.69) is 31.3 Å². The first-order chi connectivity index (χ1) is 16.4. The number of carbonyl (C=O) groups is 1. The number of methoxy groups -OCH3 is 1. The number of nitrogens with two attached hydrogens (primary N) is 1. The Morgan fingerprint density at radius 1 is 1.29 bits per heavy atom. The number of nitrogens with zero attached hydrogens (tertiary/aromatic N) is 5. The summed E-state index contributed by atoms with van der Waals surface area (Å²) in [6, 6.07) is 6.61. The molecule has 1 aromatic carbocycles. The molecule has 0 aliphatic carbocycles. The molecule has 11 heteroatoms. The molecule has 4 aromatic rings. The third-order valence-corrected chi connectivity index (χ3v) is 7.00. The molecule has 1 amide bonds. The second kappa shape index (κ2) is 9.15. The van der Waals surface area contributed by atoms with Crippen molar-refractivity contribution in [2.45, 2.75) is 25.4 Å². The number of fused-ring (bicyclic) bond motifs is 2. The Bertz CT molecular complexity index is 1390. The van der Waals surface area contributed by atoms with E-state index in [0.29, 0.717) is 46.5 Å². The highest BCUT2D eigenvalue weighted by Gasteiger charge is 2.24. The van der Waals surface area contributed by atoms with Gasteiger partial charge in [0.15, 0.2) is 5.65 Å². The van der Waals surface area contributed by atoms with Crippen LogP contribution >= 0.6 is 15.9 Å². The Balaban J connectivity index is 1.41. The molecule has 5 rings (SSSR count). The summed E-state index contributed by atoms with van der Waals surface area (Å²) in [6.07, 6.45) is 4.76. The van der Waals surface area contributed by atoms with Crippen LogP contribution in [0.4, 0.5) is 15.0 Å². The lowest BCUT2D eigenvalue weighted by molar-refractivity contribution is 0.109. The SMILES string of the molecule is COC(=O)N1CCC(NCc2nc3c(-c4cnc5ccc(F)cc5c4)cnn3c(N)c2Br)CC1. The Morgan fingerprint density at radius 3 is 2.85 bits per heavy atom. The van der Waals surface area contributed by atoms with Crippen molar-refractivity contribution in [3.63, 3.8) is 0 Å². The number of hydrogen-bond acceptors (Lipinski definition) is 7. The number of nitrogen functional groups attached to an aromatic ring is 1. The van der Waals surface area contributed by atoms with Gasteiger partial charge in [0.05, 0.1) is 29.0 Å². The fourth-order valence-electron chi connectivity index (χ4n) is 4.25. The van der Waals surface area contributed by atoms with E-state index in [1.807, 2.05) is 6.07 Å². The number of benzene rings is 1. The van der Waals surface area contributed by atoms with Crippen molar-refractivity contribution in [3.8, 4) is 11.1 Å². The topological polar surface area (TPSA) is 111 Å². The molecule has 0 radical (unpaired) electrons. The fourth-order valence-corrected chi connectivity index (χ4v) is 4.65. The number of pyridine rings is 1. The van der Waals surface area contributed by atoms with Gasteiger partial charge < -0.3 is 20.7 Å². The van der Waals surface area contributed by atoms with Crippen molar-refractivity contribution in [2.24, 2.45) is 0 Å². The molecule has 1 saturated heterocycles. The van der Waals surface area contributed by atoms with Gasteiger partial charge in [0, 0.05) is 48.4 Å². The molecule has 0 saturated carbocycles. The van der Waals surface area contributed by atoms with E-state index >= 15 is 0 Å². The summed E-state index contributed by atoms with van der Waals surface area (Å²) in [5.41, 5.74) is 9.94. The minimum atomic E-state index is -0.316. The molecular weight excluding hydrogens is 505 g/mol. The molecule has 1 fully saturated rings. The molecule has 176 valence electrons. The summed E-state index contributed by atoms with van der Waals surface area (Å²) >= 11 is 3.56. The number of likely N-dealkylation sites (tertiary alicyclic amines) is 1. The molecule has 4 heterocycles. The van der Waals surface area contributed by atoms with Gasteiger partial charge in [-0.15, -0.1) is 0 Å². The number of piperidine rings is 1. The average Bonchev–Trinajstić information content (AvgIpc) is 3.28. The summed E-state index contributed by atoms with van der Waals surface area (Å²) in [7, 11) is 1.40. The molecule has 0 spiro atoms. The lowest BCUT2D eigenvalue weighted by Gasteiger charge is -2.31. The van der Waals surface area contributed by atoms with Gasteiger partial charge in [-0.25, -0.2) is 14.2 Å². The minimum Gasteiger partial charge on any atom is -0.453 e. The molecule has 1 aliphatic rings. The molecule has 1 aliphatic heterocycles. The highest BCUT2D eigenvalue weighted by molar-refractivity contribution is 9.10. The van der Waals surface area contributed by atoms with Crippen LogP contribution in [0.1, 0.15) is 18.5 Å². The van der Waals surface area contributed by atoms with Crippen LogP contribution in [-0.2, 0) is 11.3 Å². The van der Waals surface area contributed by atoms with Gasteiger partial charge in [-0.05, 0) is 53.0 Å². The van der Waals surface area contributed by atoms with Crippen molar-refractivity contribution < 1.29 is 13.9 Å². The van der Waals surface area contributed by atoms with Crippen LogP contribution in [0.15, 0.2) is 41.1 Å². The molecule has 0 unspecified atom stereocenters. The number of ether oxygens (including phenoxy) is 1. The minimum absolute atomic E-state index is 0.246. The van der Waals surface area contributed by atoms with E-state index < -0.39 is 0 Å². The Morgan fingerprint density at radius 2 is 2.09 bits per heavy atom. The maximum Gasteiger partial charge on any atom is 0.409 e. The standard InChI is InChI=1S/C23H23BrFN7O2/c1-34-23(33)31-6-4-16(5-7-31)27-12-19-20(24)21(26)32-22(30-19)17(11-29-32)14-8-13-9-15(25)2-3-18(13)28-10-14/h2-3,8-11,16,27H,4-7,12,26H2,1H3. The zero-order valence-electron chi connectivity index (χ0n) is 18.5. The highest BCUT2D eigenvalue weighted by Crippen LogP contribution is 2.31. The Kier molecular flexibility index (Phi) is 6.05. The van der Waals surface area contributed by atoms with Crippen LogP contribution in [0.25, 0.3) is 27.7 Å². The smallest absolute Gasteiger partial charge is 0.409 e. The molecule has 9 nitrogen and oxygen atoms in total. The monoisotopic (exact) mass is 527 g/mol. The second-order valence-electron chi connectivity index (χ2n) is 8.22. The number of hydrogen-bond donors (Lipinski definition) is 2. The van der Waals surface area contributed by atoms with E-state index in [0.717, 1.165) is 29.7 Å². The quantitative estimate of drug-likeness (QED) is 0.415. The van der Waals surface area contributed by atoms with Crippen LogP contribution in [-0.4, -0.2) is 56.8 Å². The number of carbonyl (C=O) groups excluding carboxylic acids is 1. The lowest BCUT2D eigenvalue weighted by atomic mass is 10.1. The normalized spacial score (nSPS) is 14.7. The molecule has 34 heavy (non-hydrogen) atoms. The zero-order chi connectivity index (χ0) is 23.8. The first-order valence-electron chi connectivity index (χ1n) is 10.9. The number of rotatable bonds is 4. The summed E-state index contributed by atoms with van der Waals surface area (Å²) in [5.74, 6) is 0.122. The van der Waals surface area contributed by atoms with E-state index in [9.17, 15) is 9.18 Å². The van der Waals surface area contributed by atoms with Crippen molar-refractivity contribution in [1.29, 1.82) is 0 Å². The molecule has 3 aromatic heterocycles. The van der Waals surface area contributed by atoms with Gasteiger partial charge >= 0.3 is 6.09 Å². The number of halogens is 2. The van der Waals surface area contributed by atoms with Gasteiger partial charge in [0.2, 0.25) is 0 Å². The van der Waals surface area contributed by atoms with E-state index in [-0.39, 0.29) is 18.0 Å². The second-order valence-corrected chi connectivity index (χ2v) is 9.02. The predicted octanol–water partition coefficient (Wildman–Crippen LogP) is 3.75. The third-order valence-electron chi connectivity index (χ3n) is 6.13. The van der Waals surface area contributed by atoms with Crippen LogP contribution in [0.3, 0.4) is 0 Å². The van der Waals surface area contributed by atoms with Crippen molar-refractivity contribution in [2.75, 3.05) is 25.9 Å². The Hall–Kier alpha value is -3.31. The summed E-state index contributed by atoms with van der Waals surface area (Å²) in [6.45, 7) is 1.78. The van der Waals surface area contributed by atoms with Crippen molar-refractivity contribution in [1.82, 2.24) is 29.8 Å². The van der Waals surface area contributed by atoms with Gasteiger partial charge in [-0.3, -0.25) is 4.98 Å². The third kappa shape index (κ3) is 4.16. The number of aromatic nitrogens is 4. The van der Waals surface area contributed by atoms with Gasteiger partial charge in [-0.2, -0.15) is 9.61 Å².